The monoisotopic (exact) mass is 463 g/mol. The number of hydrogen-bond acceptors (Lipinski definition) is 7. The lowest BCUT2D eigenvalue weighted by atomic mass is 10.0. The van der Waals surface area contributed by atoms with Crippen molar-refractivity contribution in [1.29, 1.82) is 0 Å². The van der Waals surface area contributed by atoms with Crippen molar-refractivity contribution < 1.29 is 28.4 Å². The number of halogens is 1. The molecule has 0 saturated carbocycles. The van der Waals surface area contributed by atoms with Crippen LogP contribution in [0.5, 0.6) is 11.5 Å². The summed E-state index contributed by atoms with van der Waals surface area (Å²) in [6, 6.07) is 15.4. The first-order valence-corrected chi connectivity index (χ1v) is 9.97. The molecule has 3 aromatic rings. The maximum Gasteiger partial charge on any atom is 0.282 e. The normalized spacial score (nSPS) is 13.3. The number of carbonyl (C=O) groups is 2. The Morgan fingerprint density at radius 3 is 2.26 bits per heavy atom. The van der Waals surface area contributed by atoms with Crippen LogP contribution in [0.15, 0.2) is 72.4 Å². The van der Waals surface area contributed by atoms with Crippen LogP contribution < -0.4 is 19.7 Å². The molecule has 0 aromatic heterocycles. The van der Waals surface area contributed by atoms with Crippen LogP contribution in [-0.2, 0) is 9.59 Å². The second kappa shape index (κ2) is 9.02. The summed E-state index contributed by atoms with van der Waals surface area (Å²) >= 11 is 0. The summed E-state index contributed by atoms with van der Waals surface area (Å²) < 4.78 is 25.1. The van der Waals surface area contributed by atoms with Gasteiger partial charge in [-0.2, -0.15) is 0 Å². The highest BCUT2D eigenvalue weighted by Crippen LogP contribution is 2.37. The highest BCUT2D eigenvalue weighted by Gasteiger charge is 2.41. The number of amides is 2. The minimum atomic E-state index is -0.790. The first kappa shape index (κ1) is 22.5. The second-order valence-corrected chi connectivity index (χ2v) is 7.14. The van der Waals surface area contributed by atoms with Crippen LogP contribution in [0.1, 0.15) is 5.56 Å². The van der Waals surface area contributed by atoms with Gasteiger partial charge >= 0.3 is 0 Å². The molecule has 0 unspecified atom stereocenters. The molecule has 1 heterocycles. The van der Waals surface area contributed by atoms with E-state index in [9.17, 15) is 24.1 Å². The summed E-state index contributed by atoms with van der Waals surface area (Å²) in [6.07, 6.45) is 0. The van der Waals surface area contributed by atoms with Gasteiger partial charge in [0.2, 0.25) is 0 Å². The molecule has 0 saturated heterocycles. The van der Waals surface area contributed by atoms with Gasteiger partial charge in [0.25, 0.3) is 17.5 Å². The van der Waals surface area contributed by atoms with E-state index in [0.29, 0.717) is 17.2 Å². The molecule has 0 aliphatic carbocycles. The number of nitrogens with one attached hydrogen (secondary N) is 1. The molecule has 10 heteroatoms. The van der Waals surface area contributed by atoms with Gasteiger partial charge in [-0.25, -0.2) is 9.29 Å². The number of non-ortho nitro benzene ring substituents is 1. The third-order valence-electron chi connectivity index (χ3n) is 5.21. The molecule has 0 spiro atoms. The van der Waals surface area contributed by atoms with Crippen LogP contribution in [0.4, 0.5) is 21.5 Å². The fourth-order valence-electron chi connectivity index (χ4n) is 3.55. The molecule has 1 aliphatic heterocycles. The summed E-state index contributed by atoms with van der Waals surface area (Å²) in [5.74, 6) is -1.48. The highest BCUT2D eigenvalue weighted by molar-refractivity contribution is 6.46. The largest absolute Gasteiger partial charge is 0.497 e. The molecule has 0 fully saturated rings. The van der Waals surface area contributed by atoms with Crippen molar-refractivity contribution in [2.75, 3.05) is 24.4 Å². The number of para-hydroxylation sites is 1. The summed E-state index contributed by atoms with van der Waals surface area (Å²) in [5, 5.41) is 14.0. The Hall–Kier alpha value is -4.73. The van der Waals surface area contributed by atoms with Crippen molar-refractivity contribution in [2.24, 2.45) is 0 Å². The summed E-state index contributed by atoms with van der Waals surface area (Å²) in [4.78, 5) is 38.0. The topological polar surface area (TPSA) is 111 Å². The number of rotatable bonds is 7. The fraction of sp³-hybridized carbons (Fsp3) is 0.0833. The smallest absolute Gasteiger partial charge is 0.282 e. The Morgan fingerprint density at radius 2 is 1.65 bits per heavy atom. The molecule has 2 amide bonds. The van der Waals surface area contributed by atoms with Crippen molar-refractivity contribution in [3.8, 4) is 11.5 Å². The Kier molecular flexibility index (Phi) is 5.96. The number of nitro benzene ring substituents is 1. The van der Waals surface area contributed by atoms with Crippen molar-refractivity contribution in [3.05, 3.63) is 93.9 Å². The molecule has 0 atom stereocenters. The van der Waals surface area contributed by atoms with E-state index in [1.807, 2.05) is 0 Å². The molecular formula is C24H18FN3O6. The van der Waals surface area contributed by atoms with E-state index >= 15 is 0 Å². The molecule has 0 radical (unpaired) electrons. The molecule has 9 nitrogen and oxygen atoms in total. The van der Waals surface area contributed by atoms with Gasteiger partial charge in [-0.05, 0) is 42.0 Å². The summed E-state index contributed by atoms with van der Waals surface area (Å²) in [6.45, 7) is 0. The van der Waals surface area contributed by atoms with Gasteiger partial charge in [0.05, 0.1) is 36.1 Å². The number of methoxy groups -OCH3 is 2. The SMILES string of the molecule is COc1ccc(NC2=C(c3ccc([N+](=O)[O-])cc3)C(=O)N(c3ccccc3F)C2=O)c(OC)c1. The van der Waals surface area contributed by atoms with Gasteiger partial charge in [-0.15, -0.1) is 0 Å². The van der Waals surface area contributed by atoms with E-state index < -0.39 is 22.6 Å². The number of nitro groups is 1. The van der Waals surface area contributed by atoms with Crippen LogP contribution in [0.25, 0.3) is 5.57 Å². The first-order valence-electron chi connectivity index (χ1n) is 9.97. The van der Waals surface area contributed by atoms with Gasteiger partial charge < -0.3 is 14.8 Å². The highest BCUT2D eigenvalue weighted by atomic mass is 19.1. The maximum absolute atomic E-state index is 14.5. The van der Waals surface area contributed by atoms with Gasteiger partial charge in [-0.3, -0.25) is 19.7 Å². The van der Waals surface area contributed by atoms with Crippen LogP contribution in [0.3, 0.4) is 0 Å². The van der Waals surface area contributed by atoms with Gasteiger partial charge in [0.15, 0.2) is 0 Å². The number of imide groups is 1. The molecule has 1 N–H and O–H groups in total. The van der Waals surface area contributed by atoms with E-state index in [-0.39, 0.29) is 28.2 Å². The summed E-state index contributed by atoms with van der Waals surface area (Å²) in [7, 11) is 2.92. The molecule has 1 aliphatic rings. The minimum absolute atomic E-state index is 0.0685. The average Bonchev–Trinajstić information content (AvgIpc) is 3.08. The zero-order chi connectivity index (χ0) is 24.4. The Labute approximate surface area is 193 Å². The molecule has 4 rings (SSSR count). The quantitative estimate of drug-likeness (QED) is 0.318. The molecule has 34 heavy (non-hydrogen) atoms. The summed E-state index contributed by atoms with van der Waals surface area (Å²) in [5.41, 5.74) is 0.00688. The lowest BCUT2D eigenvalue weighted by Gasteiger charge is -2.16. The lowest BCUT2D eigenvalue weighted by Crippen LogP contribution is -2.33. The first-order chi connectivity index (χ1) is 16.3. The van der Waals surface area contributed by atoms with E-state index in [4.69, 9.17) is 9.47 Å². The molecule has 3 aromatic carbocycles. The number of nitrogens with zero attached hydrogens (tertiary/aromatic N) is 2. The number of carbonyl (C=O) groups excluding carboxylic acids is 2. The molecule has 172 valence electrons. The molecule has 0 bridgehead atoms. The van der Waals surface area contributed by atoms with Crippen molar-refractivity contribution in [2.45, 2.75) is 0 Å². The van der Waals surface area contributed by atoms with Crippen molar-refractivity contribution >= 4 is 34.4 Å². The Morgan fingerprint density at radius 1 is 0.941 bits per heavy atom. The van der Waals surface area contributed by atoms with Crippen LogP contribution >= 0.6 is 0 Å². The van der Waals surface area contributed by atoms with Gasteiger partial charge in [0.1, 0.15) is 23.0 Å². The maximum atomic E-state index is 14.5. The Balaban J connectivity index is 1.85. The molecular weight excluding hydrogens is 445 g/mol. The number of ether oxygens (including phenoxy) is 2. The van der Waals surface area contributed by atoms with E-state index in [0.717, 1.165) is 11.0 Å². The lowest BCUT2D eigenvalue weighted by molar-refractivity contribution is -0.384. The number of benzene rings is 3. The third-order valence-corrected chi connectivity index (χ3v) is 5.21. The predicted octanol–water partition coefficient (Wildman–Crippen LogP) is 4.15. The van der Waals surface area contributed by atoms with Crippen LogP contribution in [-0.4, -0.2) is 31.0 Å². The second-order valence-electron chi connectivity index (χ2n) is 7.14. The predicted molar refractivity (Wildman–Crippen MR) is 122 cm³/mol. The van der Waals surface area contributed by atoms with Crippen molar-refractivity contribution in [3.63, 3.8) is 0 Å². The number of anilines is 2. The number of hydrogen-bond donors (Lipinski definition) is 1. The van der Waals surface area contributed by atoms with Crippen LogP contribution in [0, 0.1) is 15.9 Å². The zero-order valence-electron chi connectivity index (χ0n) is 18.1. The van der Waals surface area contributed by atoms with Crippen LogP contribution in [0.2, 0.25) is 0 Å². The van der Waals surface area contributed by atoms with Crippen molar-refractivity contribution in [1.82, 2.24) is 0 Å². The Bertz CT molecular complexity index is 1340. The minimum Gasteiger partial charge on any atom is -0.497 e. The van der Waals surface area contributed by atoms with E-state index in [1.54, 1.807) is 18.2 Å². The standard InChI is InChI=1S/C24H18FN3O6/c1-33-16-11-12-18(20(13-16)34-2)26-22-21(14-7-9-15(10-8-14)28(31)32)23(29)27(24(22)30)19-6-4-3-5-17(19)25/h3-13,26H,1-2H3. The fourth-order valence-corrected chi connectivity index (χ4v) is 3.55. The van der Waals surface area contributed by atoms with Gasteiger partial charge in [0, 0.05) is 18.2 Å². The van der Waals surface area contributed by atoms with E-state index in [2.05, 4.69) is 5.32 Å². The van der Waals surface area contributed by atoms with E-state index in [1.165, 1.54) is 56.7 Å². The zero-order valence-corrected chi connectivity index (χ0v) is 18.1. The average molecular weight is 463 g/mol. The van der Waals surface area contributed by atoms with Gasteiger partial charge in [-0.1, -0.05) is 12.1 Å². The third kappa shape index (κ3) is 3.92.